The monoisotopic (exact) mass is 438 g/mol. The molecule has 1 aliphatic carbocycles. The van der Waals surface area contributed by atoms with Crippen LogP contribution in [0.1, 0.15) is 24.8 Å². The maximum Gasteiger partial charge on any atom is 0.391 e. The molecule has 1 aliphatic heterocycles. The number of hydrogen-bond acceptors (Lipinski definition) is 3. The molecule has 3 rings (SSSR count). The van der Waals surface area contributed by atoms with Gasteiger partial charge in [-0.15, -0.1) is 12.4 Å². The topological polar surface area (TPSA) is 40.6 Å². The summed E-state index contributed by atoms with van der Waals surface area (Å²) in [5.74, 6) is -1.22. The third kappa shape index (κ3) is 4.90. The van der Waals surface area contributed by atoms with Gasteiger partial charge in [0.25, 0.3) is 0 Å². The lowest BCUT2D eigenvalue weighted by Gasteiger charge is -2.36. The number of sulfonamides is 1. The Hall–Kier alpha value is -1.09. The average Bonchev–Trinajstić information content (AvgIpc) is 3.10. The Morgan fingerprint density at radius 3 is 2.36 bits per heavy atom. The molecule has 0 N–H and O–H groups in total. The maximum absolute atomic E-state index is 12.9. The molecule has 0 radical (unpaired) electrons. The Labute approximate surface area is 170 Å². The van der Waals surface area contributed by atoms with Crippen LogP contribution in [-0.2, 0) is 10.0 Å². The van der Waals surface area contributed by atoms with E-state index in [9.17, 15) is 21.6 Å². The molecule has 2 aliphatic rings. The largest absolute Gasteiger partial charge is 0.391 e. The van der Waals surface area contributed by atoms with Crippen molar-refractivity contribution >= 4 is 22.4 Å². The smallest absolute Gasteiger partial charge is 0.297 e. The minimum atomic E-state index is -4.12. The molecular formula is C19H26ClF3N2O2S. The number of halogens is 4. The van der Waals surface area contributed by atoms with E-state index in [0.717, 1.165) is 5.56 Å². The summed E-state index contributed by atoms with van der Waals surface area (Å²) in [5.41, 5.74) is 0.872. The highest BCUT2D eigenvalue weighted by atomic mass is 35.5. The average molecular weight is 439 g/mol. The first-order valence-electron chi connectivity index (χ1n) is 9.13. The van der Waals surface area contributed by atoms with E-state index in [1.54, 1.807) is 25.2 Å². The zero-order valence-electron chi connectivity index (χ0n) is 15.9. The molecule has 28 heavy (non-hydrogen) atoms. The van der Waals surface area contributed by atoms with Gasteiger partial charge in [-0.3, -0.25) is 4.90 Å². The summed E-state index contributed by atoms with van der Waals surface area (Å²) in [4.78, 5) is 2.29. The van der Waals surface area contributed by atoms with E-state index >= 15 is 0 Å². The first kappa shape index (κ1) is 23.2. The number of alkyl halides is 3. The number of rotatable bonds is 4. The van der Waals surface area contributed by atoms with Gasteiger partial charge >= 0.3 is 6.18 Å². The zero-order chi connectivity index (χ0) is 19.8. The van der Waals surface area contributed by atoms with Crippen LogP contribution in [0.2, 0.25) is 0 Å². The van der Waals surface area contributed by atoms with Gasteiger partial charge in [0.05, 0.1) is 10.8 Å². The molecule has 0 bridgehead atoms. The summed E-state index contributed by atoms with van der Waals surface area (Å²) in [6.45, 7) is 2.62. The van der Waals surface area contributed by atoms with Crippen LogP contribution in [0.3, 0.4) is 0 Å². The van der Waals surface area contributed by atoms with Crippen molar-refractivity contribution in [3.8, 4) is 0 Å². The van der Waals surface area contributed by atoms with Crippen molar-refractivity contribution in [2.24, 2.45) is 5.92 Å². The summed E-state index contributed by atoms with van der Waals surface area (Å²) in [7, 11) is -2.05. The quantitative estimate of drug-likeness (QED) is 0.667. The van der Waals surface area contributed by atoms with E-state index in [1.165, 1.54) is 4.31 Å². The second kappa shape index (κ2) is 8.73. The van der Waals surface area contributed by atoms with Crippen molar-refractivity contribution < 1.29 is 21.6 Å². The van der Waals surface area contributed by atoms with Gasteiger partial charge in [-0.05, 0) is 57.0 Å². The van der Waals surface area contributed by atoms with Crippen molar-refractivity contribution in [3.05, 3.63) is 42.0 Å². The van der Waals surface area contributed by atoms with Gasteiger partial charge < -0.3 is 0 Å². The van der Waals surface area contributed by atoms with Crippen LogP contribution < -0.4 is 0 Å². The number of likely N-dealkylation sites (tertiary alicyclic amines) is 1. The SMILES string of the molecule is Cc1cccc(S(=O)(=O)N(C)[C@H]2C=C[C@@H](N3CCC(C(F)(F)F)CC3)C2)c1.Cl. The van der Waals surface area contributed by atoms with Crippen molar-refractivity contribution in [2.75, 3.05) is 20.1 Å². The zero-order valence-corrected chi connectivity index (χ0v) is 17.5. The van der Waals surface area contributed by atoms with Gasteiger partial charge in [-0.1, -0.05) is 24.3 Å². The fourth-order valence-corrected chi connectivity index (χ4v) is 5.31. The summed E-state index contributed by atoms with van der Waals surface area (Å²) < 4.78 is 65.6. The maximum atomic E-state index is 12.9. The molecule has 0 amide bonds. The van der Waals surface area contributed by atoms with Gasteiger partial charge in [0.15, 0.2) is 0 Å². The standard InChI is InChI=1S/C19H25F3N2O2S.ClH/c1-14-4-3-5-18(12-14)27(25,26)23(2)16-6-7-17(13-16)24-10-8-15(9-11-24)19(20,21)22;/h3-7,12,15-17H,8-11,13H2,1-2H3;1H/t16-,17+;/m0./s1. The molecule has 0 spiro atoms. The third-order valence-corrected chi connectivity index (χ3v) is 7.51. The molecular weight excluding hydrogens is 413 g/mol. The van der Waals surface area contributed by atoms with Crippen LogP contribution in [0.25, 0.3) is 0 Å². The summed E-state index contributed by atoms with van der Waals surface area (Å²) >= 11 is 0. The normalized spacial score (nSPS) is 24.5. The number of aryl methyl sites for hydroxylation is 1. The predicted molar refractivity (Wildman–Crippen MR) is 105 cm³/mol. The molecule has 9 heteroatoms. The van der Waals surface area contributed by atoms with E-state index in [4.69, 9.17) is 0 Å². The molecule has 0 aromatic heterocycles. The Bertz CT molecular complexity index is 806. The lowest BCUT2D eigenvalue weighted by Crippen LogP contribution is -2.44. The summed E-state index contributed by atoms with van der Waals surface area (Å²) in [6, 6.07) is 6.48. The highest BCUT2D eigenvalue weighted by Gasteiger charge is 2.42. The molecule has 1 aromatic carbocycles. The minimum absolute atomic E-state index is 0. The van der Waals surface area contributed by atoms with E-state index < -0.39 is 22.1 Å². The fourth-order valence-electron chi connectivity index (χ4n) is 3.88. The lowest BCUT2D eigenvalue weighted by molar-refractivity contribution is -0.185. The first-order chi connectivity index (χ1) is 12.6. The Morgan fingerprint density at radius 1 is 1.14 bits per heavy atom. The van der Waals surface area contributed by atoms with Crippen LogP contribution in [0, 0.1) is 12.8 Å². The van der Waals surface area contributed by atoms with Crippen LogP contribution in [-0.4, -0.2) is 56.0 Å². The van der Waals surface area contributed by atoms with Crippen LogP contribution in [0.5, 0.6) is 0 Å². The van der Waals surface area contributed by atoms with Gasteiger partial charge in [0.1, 0.15) is 0 Å². The van der Waals surface area contributed by atoms with Crippen LogP contribution >= 0.6 is 12.4 Å². The van der Waals surface area contributed by atoms with Crippen molar-refractivity contribution in [1.29, 1.82) is 0 Å². The van der Waals surface area contributed by atoms with Crippen LogP contribution in [0.4, 0.5) is 13.2 Å². The first-order valence-corrected chi connectivity index (χ1v) is 10.6. The Morgan fingerprint density at radius 2 is 1.79 bits per heavy atom. The lowest BCUT2D eigenvalue weighted by atomic mass is 9.95. The second-order valence-electron chi connectivity index (χ2n) is 7.44. The van der Waals surface area contributed by atoms with E-state index in [1.807, 2.05) is 30.0 Å². The molecule has 4 nitrogen and oxygen atoms in total. The van der Waals surface area contributed by atoms with E-state index in [2.05, 4.69) is 0 Å². The molecule has 1 fully saturated rings. The number of nitrogens with zero attached hydrogens (tertiary/aromatic N) is 2. The highest BCUT2D eigenvalue weighted by Crippen LogP contribution is 2.36. The van der Waals surface area contributed by atoms with E-state index in [-0.39, 0.29) is 42.2 Å². The summed E-state index contributed by atoms with van der Waals surface area (Å²) in [5, 5.41) is 0. The predicted octanol–water partition coefficient (Wildman–Crippen LogP) is 4.01. The minimum Gasteiger partial charge on any atom is -0.297 e. The molecule has 158 valence electrons. The molecule has 0 unspecified atom stereocenters. The third-order valence-electron chi connectivity index (χ3n) is 5.63. The molecule has 0 saturated carbocycles. The summed E-state index contributed by atoms with van der Waals surface area (Å²) in [6.07, 6.45) is 0.445. The van der Waals surface area contributed by atoms with Gasteiger partial charge in [0, 0.05) is 19.1 Å². The van der Waals surface area contributed by atoms with Gasteiger partial charge in [-0.2, -0.15) is 17.5 Å². The molecule has 2 atom stereocenters. The Kier molecular flexibility index (Phi) is 7.23. The number of piperidine rings is 1. The molecule has 1 saturated heterocycles. The molecule has 1 aromatic rings. The van der Waals surface area contributed by atoms with Crippen LogP contribution in [0.15, 0.2) is 41.3 Å². The van der Waals surface area contributed by atoms with Crippen molar-refractivity contribution in [3.63, 3.8) is 0 Å². The van der Waals surface area contributed by atoms with Crippen molar-refractivity contribution in [1.82, 2.24) is 9.21 Å². The Balaban J connectivity index is 0.00000280. The fraction of sp³-hybridized carbons (Fsp3) is 0.579. The van der Waals surface area contributed by atoms with Gasteiger partial charge in [-0.25, -0.2) is 8.42 Å². The number of likely N-dealkylation sites (N-methyl/N-ethyl adjacent to an activating group) is 1. The number of benzene rings is 1. The molecule has 1 heterocycles. The van der Waals surface area contributed by atoms with Gasteiger partial charge in [0.2, 0.25) is 10.0 Å². The van der Waals surface area contributed by atoms with E-state index in [0.29, 0.717) is 19.5 Å². The van der Waals surface area contributed by atoms with Crippen molar-refractivity contribution in [2.45, 2.75) is 49.3 Å². The number of hydrogen-bond donors (Lipinski definition) is 0. The second-order valence-corrected chi connectivity index (χ2v) is 9.44. The highest BCUT2D eigenvalue weighted by molar-refractivity contribution is 7.89.